The van der Waals surface area contributed by atoms with E-state index in [2.05, 4.69) is 34.4 Å². The molecule has 0 aromatic heterocycles. The van der Waals surface area contributed by atoms with Crippen molar-refractivity contribution in [3.05, 3.63) is 0 Å². The largest absolute Gasteiger partial charge is 0.369 e. The molecule has 0 aliphatic carbocycles. The van der Waals surface area contributed by atoms with Crippen LogP contribution in [0.2, 0.25) is 0 Å². The summed E-state index contributed by atoms with van der Waals surface area (Å²) in [7, 11) is 1.80. The van der Waals surface area contributed by atoms with Gasteiger partial charge in [0.25, 0.3) is 0 Å². The molecule has 1 aliphatic rings. The fourth-order valence-corrected chi connectivity index (χ4v) is 2.63. The van der Waals surface area contributed by atoms with E-state index >= 15 is 0 Å². The highest BCUT2D eigenvalue weighted by Gasteiger charge is 2.22. The number of amides is 1. The third-order valence-electron chi connectivity index (χ3n) is 4.08. The lowest BCUT2D eigenvalue weighted by atomic mass is 9.96. The number of unbranched alkanes of at least 4 members (excludes halogenated alkanes) is 1. The van der Waals surface area contributed by atoms with Crippen molar-refractivity contribution in [3.8, 4) is 0 Å². The normalized spacial score (nSPS) is 17.7. The third-order valence-corrected chi connectivity index (χ3v) is 4.08. The van der Waals surface area contributed by atoms with E-state index in [1.165, 1.54) is 0 Å². The van der Waals surface area contributed by atoms with E-state index in [0.29, 0.717) is 5.92 Å². The van der Waals surface area contributed by atoms with Gasteiger partial charge in [0.1, 0.15) is 0 Å². The molecule has 22 heavy (non-hydrogen) atoms. The van der Waals surface area contributed by atoms with Gasteiger partial charge in [-0.15, -0.1) is 0 Å². The number of piperidine rings is 1. The van der Waals surface area contributed by atoms with Crippen molar-refractivity contribution in [1.82, 2.24) is 15.5 Å². The minimum absolute atomic E-state index is 0.0910. The summed E-state index contributed by atoms with van der Waals surface area (Å²) in [6.07, 6.45) is 4.12. The summed E-state index contributed by atoms with van der Waals surface area (Å²) in [5, 5.41) is 6.65. The predicted octanol–water partition coefficient (Wildman–Crippen LogP) is 0.785. The Hall–Kier alpha value is -1.30. The van der Waals surface area contributed by atoms with Gasteiger partial charge < -0.3 is 21.3 Å². The number of aliphatic imine (C=N–C) groups is 1. The van der Waals surface area contributed by atoms with Crippen LogP contribution in [-0.2, 0) is 4.79 Å². The quantitative estimate of drug-likeness (QED) is 0.351. The number of nitrogens with two attached hydrogens (primary N) is 1. The standard InChI is InChI=1S/C16H33N5O/c1-13(2)12-20-16(18-3)19-8-4-5-9-21-10-6-14(7-11-21)15(17)22/h13-14H,4-12H2,1-3H3,(H2,17,22)(H2,18,19,20). The highest BCUT2D eigenvalue weighted by atomic mass is 16.1. The number of likely N-dealkylation sites (tertiary alicyclic amines) is 1. The maximum Gasteiger partial charge on any atom is 0.220 e. The fraction of sp³-hybridized carbons (Fsp3) is 0.875. The lowest BCUT2D eigenvalue weighted by molar-refractivity contribution is -0.123. The molecule has 0 atom stereocenters. The van der Waals surface area contributed by atoms with Crippen LogP contribution in [-0.4, -0.2) is 56.5 Å². The Morgan fingerprint density at radius 2 is 1.95 bits per heavy atom. The predicted molar refractivity (Wildman–Crippen MR) is 91.8 cm³/mol. The minimum Gasteiger partial charge on any atom is -0.369 e. The molecule has 0 aromatic carbocycles. The summed E-state index contributed by atoms with van der Waals surface area (Å²) in [6.45, 7) is 9.34. The number of carbonyl (C=O) groups is 1. The highest BCUT2D eigenvalue weighted by molar-refractivity contribution is 5.79. The molecule has 1 saturated heterocycles. The second-order valence-corrected chi connectivity index (χ2v) is 6.50. The fourth-order valence-electron chi connectivity index (χ4n) is 2.63. The summed E-state index contributed by atoms with van der Waals surface area (Å²) in [5.74, 6) is 1.45. The number of primary amides is 1. The van der Waals surface area contributed by atoms with Crippen LogP contribution in [0.25, 0.3) is 0 Å². The van der Waals surface area contributed by atoms with Crippen LogP contribution in [0.4, 0.5) is 0 Å². The zero-order chi connectivity index (χ0) is 16.4. The van der Waals surface area contributed by atoms with Crippen molar-refractivity contribution < 1.29 is 4.79 Å². The molecule has 0 radical (unpaired) electrons. The number of hydrogen-bond donors (Lipinski definition) is 3. The van der Waals surface area contributed by atoms with E-state index in [1.54, 1.807) is 7.05 Å². The number of hydrogen-bond acceptors (Lipinski definition) is 3. The summed E-state index contributed by atoms with van der Waals surface area (Å²) >= 11 is 0. The molecule has 128 valence electrons. The Balaban J connectivity index is 2.05. The van der Waals surface area contributed by atoms with Crippen LogP contribution in [0.5, 0.6) is 0 Å². The zero-order valence-corrected chi connectivity index (χ0v) is 14.4. The van der Waals surface area contributed by atoms with Gasteiger partial charge in [-0.05, 0) is 51.2 Å². The van der Waals surface area contributed by atoms with Crippen LogP contribution in [0.15, 0.2) is 4.99 Å². The third kappa shape index (κ3) is 7.64. The van der Waals surface area contributed by atoms with Crippen molar-refractivity contribution >= 4 is 11.9 Å². The van der Waals surface area contributed by atoms with Crippen LogP contribution in [0.1, 0.15) is 39.5 Å². The molecule has 0 unspecified atom stereocenters. The Kier molecular flexibility index (Phi) is 8.89. The van der Waals surface area contributed by atoms with Gasteiger partial charge in [-0.3, -0.25) is 9.79 Å². The van der Waals surface area contributed by atoms with Crippen molar-refractivity contribution in [2.75, 3.05) is 39.8 Å². The molecular formula is C16H33N5O. The average molecular weight is 311 g/mol. The molecule has 1 heterocycles. The van der Waals surface area contributed by atoms with Gasteiger partial charge in [-0.2, -0.15) is 0 Å². The monoisotopic (exact) mass is 311 g/mol. The molecule has 1 amide bonds. The molecule has 0 saturated carbocycles. The number of guanidine groups is 1. The van der Waals surface area contributed by atoms with E-state index in [-0.39, 0.29) is 11.8 Å². The van der Waals surface area contributed by atoms with Crippen LogP contribution < -0.4 is 16.4 Å². The summed E-state index contributed by atoms with van der Waals surface area (Å²) in [5.41, 5.74) is 5.35. The first-order chi connectivity index (χ1) is 10.5. The second-order valence-electron chi connectivity index (χ2n) is 6.50. The van der Waals surface area contributed by atoms with Crippen molar-refractivity contribution in [2.45, 2.75) is 39.5 Å². The number of nitrogens with one attached hydrogen (secondary N) is 2. The summed E-state index contributed by atoms with van der Waals surface area (Å²) in [6, 6.07) is 0. The molecular weight excluding hydrogens is 278 g/mol. The minimum atomic E-state index is -0.135. The molecule has 6 heteroatoms. The van der Waals surface area contributed by atoms with E-state index in [1.807, 2.05) is 0 Å². The first kappa shape index (κ1) is 18.7. The Morgan fingerprint density at radius 3 is 2.50 bits per heavy atom. The SMILES string of the molecule is CN=C(NCCCCN1CCC(C(N)=O)CC1)NCC(C)C. The van der Waals surface area contributed by atoms with E-state index < -0.39 is 0 Å². The van der Waals surface area contributed by atoms with Gasteiger partial charge in [-0.1, -0.05) is 13.8 Å². The number of carbonyl (C=O) groups excluding carboxylic acids is 1. The van der Waals surface area contributed by atoms with Crippen molar-refractivity contribution in [3.63, 3.8) is 0 Å². The summed E-state index contributed by atoms with van der Waals surface area (Å²) in [4.78, 5) is 17.8. The molecule has 1 fully saturated rings. The van der Waals surface area contributed by atoms with Crippen LogP contribution in [0.3, 0.4) is 0 Å². The average Bonchev–Trinajstić information content (AvgIpc) is 2.50. The van der Waals surface area contributed by atoms with E-state index in [0.717, 1.165) is 64.4 Å². The van der Waals surface area contributed by atoms with Crippen molar-refractivity contribution in [2.24, 2.45) is 22.6 Å². The maximum atomic E-state index is 11.1. The van der Waals surface area contributed by atoms with Crippen LogP contribution >= 0.6 is 0 Å². The van der Waals surface area contributed by atoms with Gasteiger partial charge in [0, 0.05) is 26.1 Å². The van der Waals surface area contributed by atoms with Gasteiger partial charge in [-0.25, -0.2) is 0 Å². The lowest BCUT2D eigenvalue weighted by Gasteiger charge is -2.30. The van der Waals surface area contributed by atoms with Gasteiger partial charge >= 0.3 is 0 Å². The van der Waals surface area contributed by atoms with Crippen LogP contribution in [0, 0.1) is 11.8 Å². The number of rotatable bonds is 8. The van der Waals surface area contributed by atoms with Gasteiger partial charge in [0.15, 0.2) is 5.96 Å². The van der Waals surface area contributed by atoms with E-state index in [9.17, 15) is 4.79 Å². The molecule has 1 rings (SSSR count). The molecule has 0 aromatic rings. The topological polar surface area (TPSA) is 82.8 Å². The zero-order valence-electron chi connectivity index (χ0n) is 14.4. The Morgan fingerprint density at radius 1 is 1.27 bits per heavy atom. The Bertz CT molecular complexity index is 348. The maximum absolute atomic E-state index is 11.1. The smallest absolute Gasteiger partial charge is 0.220 e. The first-order valence-electron chi connectivity index (χ1n) is 8.49. The molecule has 1 aliphatic heterocycles. The van der Waals surface area contributed by atoms with Gasteiger partial charge in [0.05, 0.1) is 0 Å². The molecule has 4 N–H and O–H groups in total. The molecule has 0 spiro atoms. The number of nitrogens with zero attached hydrogens (tertiary/aromatic N) is 2. The van der Waals surface area contributed by atoms with Gasteiger partial charge in [0.2, 0.25) is 5.91 Å². The van der Waals surface area contributed by atoms with Crippen molar-refractivity contribution in [1.29, 1.82) is 0 Å². The molecule has 0 bridgehead atoms. The summed E-state index contributed by atoms with van der Waals surface area (Å²) < 4.78 is 0. The second kappa shape index (κ2) is 10.4. The van der Waals surface area contributed by atoms with E-state index in [4.69, 9.17) is 5.73 Å². The first-order valence-corrected chi connectivity index (χ1v) is 8.49. The Labute approximate surface area is 134 Å². The highest BCUT2D eigenvalue weighted by Crippen LogP contribution is 2.16. The molecule has 6 nitrogen and oxygen atoms in total. The lowest BCUT2D eigenvalue weighted by Crippen LogP contribution is -2.40.